The topological polar surface area (TPSA) is 119 Å². The van der Waals surface area contributed by atoms with Crippen molar-refractivity contribution in [3.05, 3.63) is 131 Å². The molecule has 2 aliphatic heterocycles. The van der Waals surface area contributed by atoms with Crippen molar-refractivity contribution < 1.29 is 27.1 Å². The molecule has 0 fully saturated rings. The lowest BCUT2D eigenvalue weighted by Gasteiger charge is -2.24. The third-order valence-corrected chi connectivity index (χ3v) is 11.0. The highest BCUT2D eigenvalue weighted by Crippen LogP contribution is 2.48. The Labute approximate surface area is 307 Å². The molecule has 272 valence electrons. The lowest BCUT2D eigenvalue weighted by Crippen LogP contribution is -2.27. The summed E-state index contributed by atoms with van der Waals surface area (Å²) < 4.78 is 35.9. The van der Waals surface area contributed by atoms with E-state index in [1.54, 1.807) is 19.1 Å². The molecule has 52 heavy (non-hydrogen) atoms. The number of carbonyl (C=O) groups is 2. The van der Waals surface area contributed by atoms with Crippen LogP contribution < -0.4 is 15.5 Å². The summed E-state index contributed by atoms with van der Waals surface area (Å²) >= 11 is 0. The molecule has 0 aromatic heterocycles. The monoisotopic (exact) mass is 721 g/mol. The van der Waals surface area contributed by atoms with Crippen molar-refractivity contribution in [1.29, 1.82) is 0 Å². The minimum atomic E-state index is -4.36. The van der Waals surface area contributed by atoms with Crippen LogP contribution in [-0.4, -0.2) is 62.3 Å². The van der Waals surface area contributed by atoms with Gasteiger partial charge in [-0.2, -0.15) is 13.0 Å². The number of fused-ring (bicyclic) bond motifs is 2. The predicted molar refractivity (Wildman–Crippen MR) is 209 cm³/mol. The van der Waals surface area contributed by atoms with Crippen LogP contribution in [0.15, 0.2) is 114 Å². The third-order valence-electron chi connectivity index (χ3n) is 10.1. The van der Waals surface area contributed by atoms with Crippen LogP contribution in [0.2, 0.25) is 0 Å². The van der Waals surface area contributed by atoms with Gasteiger partial charge in [-0.15, -0.1) is 0 Å². The van der Waals surface area contributed by atoms with E-state index in [0.29, 0.717) is 24.2 Å². The number of hydrogen-bond acceptors (Lipinski definition) is 5. The lowest BCUT2D eigenvalue weighted by atomic mass is 9.81. The molecule has 9 nitrogen and oxygen atoms in total. The first-order valence-electron chi connectivity index (χ1n) is 17.4. The van der Waals surface area contributed by atoms with Crippen LogP contribution in [0.3, 0.4) is 0 Å². The second kappa shape index (κ2) is 14.9. The van der Waals surface area contributed by atoms with E-state index in [-0.39, 0.29) is 22.1 Å². The first kappa shape index (κ1) is 38.2. The summed E-state index contributed by atoms with van der Waals surface area (Å²) in [5.41, 5.74) is 8.27. The summed E-state index contributed by atoms with van der Waals surface area (Å²) in [5.74, 6) is -0.329. The predicted octanol–water partition coefficient (Wildman–Crippen LogP) is 7.09. The molecule has 0 radical (unpaired) electrons. The first-order valence-corrected chi connectivity index (χ1v) is 18.9. The van der Waals surface area contributed by atoms with Gasteiger partial charge < -0.3 is 15.5 Å². The number of allylic oxidation sites excluding steroid dienone is 6. The molecule has 0 unspecified atom stereocenters. The molecule has 0 saturated carbocycles. The molecule has 2 heterocycles. The number of rotatable bonds is 12. The van der Waals surface area contributed by atoms with E-state index in [2.05, 4.69) is 91.3 Å². The highest BCUT2D eigenvalue weighted by Gasteiger charge is 2.42. The molecule has 0 bridgehead atoms. The largest absolute Gasteiger partial charge is 0.352 e. The van der Waals surface area contributed by atoms with Crippen LogP contribution >= 0.6 is 0 Å². The van der Waals surface area contributed by atoms with Crippen molar-refractivity contribution in [1.82, 2.24) is 10.6 Å². The molecular formula is C42H49N4O5S+. The minimum absolute atomic E-state index is 0.134. The number of para-hydroxylation sites is 1. The van der Waals surface area contributed by atoms with Gasteiger partial charge in [-0.1, -0.05) is 56.8 Å². The molecule has 3 aromatic carbocycles. The fourth-order valence-corrected chi connectivity index (χ4v) is 7.59. The maximum absolute atomic E-state index is 13.0. The number of likely N-dealkylation sites (N-methyl/N-ethyl adjacent to an activating group) is 1. The number of nitrogens with one attached hydrogen (secondary N) is 2. The summed E-state index contributed by atoms with van der Waals surface area (Å²) in [7, 11) is -0.325. The van der Waals surface area contributed by atoms with Crippen LogP contribution in [0.5, 0.6) is 0 Å². The zero-order valence-electron chi connectivity index (χ0n) is 31.1. The molecule has 3 aromatic rings. The van der Waals surface area contributed by atoms with Gasteiger partial charge in [0.2, 0.25) is 11.6 Å². The van der Waals surface area contributed by atoms with Crippen molar-refractivity contribution in [2.45, 2.75) is 63.2 Å². The summed E-state index contributed by atoms with van der Waals surface area (Å²) in [6, 6.07) is 20.6. The minimum Gasteiger partial charge on any atom is -0.352 e. The number of benzene rings is 3. The van der Waals surface area contributed by atoms with Gasteiger partial charge in [-0.3, -0.25) is 14.1 Å². The molecule has 0 saturated heterocycles. The van der Waals surface area contributed by atoms with Crippen LogP contribution in [0.25, 0.3) is 5.57 Å². The Morgan fingerprint density at radius 1 is 0.904 bits per heavy atom. The van der Waals surface area contributed by atoms with Gasteiger partial charge in [0.05, 0.1) is 10.3 Å². The van der Waals surface area contributed by atoms with Crippen LogP contribution in [0.1, 0.15) is 74.5 Å². The molecule has 5 rings (SSSR count). The van der Waals surface area contributed by atoms with E-state index in [4.69, 9.17) is 0 Å². The Morgan fingerprint density at radius 3 is 2.17 bits per heavy atom. The number of hydrogen-bond donors (Lipinski definition) is 3. The normalized spacial score (nSPS) is 17.0. The van der Waals surface area contributed by atoms with Gasteiger partial charge in [-0.25, -0.2) is 0 Å². The number of anilines is 1. The summed E-state index contributed by atoms with van der Waals surface area (Å²) in [4.78, 5) is 26.5. The SMILES string of the molecule is C=C(C)C(=O)NCCCCNC(=O)c1ccc(C(=C\C=C2/N(C)c3ccc(S(=O)(=O)O)cc3C2(C)C)/C=C/C2=[N+](C)c3ccccc3C2(C)C)cc1. The van der Waals surface area contributed by atoms with E-state index in [0.717, 1.165) is 46.6 Å². The van der Waals surface area contributed by atoms with Crippen molar-refractivity contribution >= 4 is 44.6 Å². The molecule has 2 aliphatic rings. The highest BCUT2D eigenvalue weighted by molar-refractivity contribution is 7.85. The van der Waals surface area contributed by atoms with E-state index < -0.39 is 15.5 Å². The summed E-state index contributed by atoms with van der Waals surface area (Å²) in [6.45, 7) is 14.8. The van der Waals surface area contributed by atoms with Gasteiger partial charge in [0, 0.05) is 65.8 Å². The van der Waals surface area contributed by atoms with E-state index in [1.165, 1.54) is 17.3 Å². The van der Waals surface area contributed by atoms with Crippen LogP contribution in [-0.2, 0) is 25.7 Å². The van der Waals surface area contributed by atoms with Gasteiger partial charge >= 0.3 is 0 Å². The smallest absolute Gasteiger partial charge is 0.294 e. The van der Waals surface area contributed by atoms with Crippen LogP contribution in [0.4, 0.5) is 11.4 Å². The van der Waals surface area contributed by atoms with Gasteiger partial charge in [0.1, 0.15) is 7.05 Å². The zero-order chi connectivity index (χ0) is 38.0. The van der Waals surface area contributed by atoms with Crippen molar-refractivity contribution in [3.63, 3.8) is 0 Å². The number of amides is 2. The first-order chi connectivity index (χ1) is 24.4. The quantitative estimate of drug-likeness (QED) is 0.0605. The molecule has 3 N–H and O–H groups in total. The lowest BCUT2D eigenvalue weighted by molar-refractivity contribution is -0.401. The second-order valence-electron chi connectivity index (χ2n) is 14.5. The maximum Gasteiger partial charge on any atom is 0.294 e. The van der Waals surface area contributed by atoms with Gasteiger partial charge in [0.25, 0.3) is 16.0 Å². The van der Waals surface area contributed by atoms with Gasteiger partial charge in [-0.05, 0) is 92.8 Å². The van der Waals surface area contributed by atoms with E-state index in [9.17, 15) is 22.6 Å². The number of carbonyl (C=O) groups excluding carboxylic acids is 2. The second-order valence-corrected chi connectivity index (χ2v) is 15.9. The molecule has 10 heteroatoms. The van der Waals surface area contributed by atoms with E-state index >= 15 is 0 Å². The average Bonchev–Trinajstić information content (AvgIpc) is 3.42. The molecular weight excluding hydrogens is 673 g/mol. The Hall–Kier alpha value is -5.06. The Balaban J connectivity index is 1.43. The molecule has 0 spiro atoms. The highest BCUT2D eigenvalue weighted by atomic mass is 32.2. The Bertz CT molecular complexity index is 2160. The molecule has 0 aliphatic carbocycles. The van der Waals surface area contributed by atoms with E-state index in [1.807, 2.05) is 50.1 Å². The van der Waals surface area contributed by atoms with Crippen molar-refractivity contribution in [3.8, 4) is 0 Å². The Morgan fingerprint density at radius 2 is 1.54 bits per heavy atom. The average molecular weight is 722 g/mol. The zero-order valence-corrected chi connectivity index (χ0v) is 31.9. The Kier molecular flexibility index (Phi) is 10.9. The number of nitrogens with zero attached hydrogens (tertiary/aromatic N) is 2. The molecule has 0 atom stereocenters. The summed E-state index contributed by atoms with van der Waals surface area (Å²) in [5, 5.41) is 5.77. The summed E-state index contributed by atoms with van der Waals surface area (Å²) in [6.07, 6.45) is 9.82. The van der Waals surface area contributed by atoms with Crippen LogP contribution in [0, 0.1) is 0 Å². The number of unbranched alkanes of at least 4 members (excludes halogenated alkanes) is 1. The van der Waals surface area contributed by atoms with Crippen molar-refractivity contribution in [2.24, 2.45) is 0 Å². The fraction of sp³-hybridized carbons (Fsp3) is 0.310. The molecule has 2 amide bonds. The standard InChI is InChI=1S/C42H48N4O5S/c1-28(2)39(47)43-25-11-12-26-44-40(48)31-17-15-29(16-18-31)30(19-23-37-41(3,4)33-13-9-10-14-35(33)45(37)7)20-24-38-42(5,6)34-27-32(52(49,50)51)21-22-36(34)46(38)8/h9-10,13-24,27H,1,11-12,25-26H2,2-8H3,(H2-,43,44,47,48,49,50,51)/p+1. The van der Waals surface area contributed by atoms with Crippen molar-refractivity contribution in [2.75, 3.05) is 32.1 Å². The maximum atomic E-state index is 13.0. The van der Waals surface area contributed by atoms with Gasteiger partial charge in [0.15, 0.2) is 5.71 Å². The third kappa shape index (κ3) is 7.73. The fourth-order valence-electron chi connectivity index (χ4n) is 7.08.